The second-order valence-electron chi connectivity index (χ2n) is 5.24. The molecule has 0 saturated carbocycles. The van der Waals surface area contributed by atoms with E-state index < -0.39 is 0 Å². The minimum absolute atomic E-state index is 0.252. The summed E-state index contributed by atoms with van der Waals surface area (Å²) in [6.45, 7) is 1.95. The van der Waals surface area contributed by atoms with Crippen molar-refractivity contribution in [1.82, 2.24) is 15.1 Å². The zero-order valence-electron chi connectivity index (χ0n) is 11.7. The number of likely N-dealkylation sites (tertiary alicyclic amines) is 1. The highest BCUT2D eigenvalue weighted by molar-refractivity contribution is 9.10. The summed E-state index contributed by atoms with van der Waals surface area (Å²) < 4.78 is 11.7. The largest absolute Gasteiger partial charge is 0.444 e. The molecule has 1 aliphatic rings. The van der Waals surface area contributed by atoms with E-state index in [1.54, 1.807) is 12.1 Å². The number of aliphatic hydroxyl groups is 1. The van der Waals surface area contributed by atoms with Crippen LogP contribution in [0.1, 0.15) is 31.6 Å². The van der Waals surface area contributed by atoms with E-state index in [1.807, 2.05) is 0 Å². The Hall–Kier alpha value is -1.18. The van der Waals surface area contributed by atoms with Crippen LogP contribution >= 0.6 is 15.9 Å². The Morgan fingerprint density at radius 3 is 3.00 bits per heavy atom. The van der Waals surface area contributed by atoms with Crippen LogP contribution in [0.15, 0.2) is 25.6 Å². The van der Waals surface area contributed by atoms with Gasteiger partial charge in [-0.05, 0) is 60.3 Å². The maximum atomic E-state index is 8.96. The molecule has 0 bridgehead atoms. The molecule has 0 radical (unpaired) electrons. The van der Waals surface area contributed by atoms with Crippen LogP contribution in [-0.4, -0.2) is 39.4 Å². The Kier molecular flexibility index (Phi) is 4.72. The van der Waals surface area contributed by atoms with Crippen LogP contribution in [0.2, 0.25) is 0 Å². The lowest BCUT2D eigenvalue weighted by molar-refractivity contribution is 0.195. The smallest absolute Gasteiger partial charge is 0.283 e. The minimum Gasteiger partial charge on any atom is -0.444 e. The van der Waals surface area contributed by atoms with Crippen molar-refractivity contribution in [2.45, 2.75) is 38.3 Å². The summed E-state index contributed by atoms with van der Waals surface area (Å²) in [4.78, 5) is 2.35. The number of aromatic nitrogens is 2. The first-order valence-electron chi connectivity index (χ1n) is 7.19. The predicted molar refractivity (Wildman–Crippen MR) is 79.5 cm³/mol. The lowest BCUT2D eigenvalue weighted by Crippen LogP contribution is -2.29. The van der Waals surface area contributed by atoms with Crippen LogP contribution < -0.4 is 0 Å². The lowest BCUT2D eigenvalue weighted by atomic mass is 10.1. The molecular weight excluding hydrogens is 338 g/mol. The molecule has 21 heavy (non-hydrogen) atoms. The number of furan rings is 1. The third-order valence-electron chi connectivity index (χ3n) is 3.78. The summed E-state index contributed by atoms with van der Waals surface area (Å²) in [6, 6.07) is 4.09. The van der Waals surface area contributed by atoms with Crippen LogP contribution in [0.4, 0.5) is 0 Å². The van der Waals surface area contributed by atoms with Crippen LogP contribution in [0.5, 0.6) is 0 Å². The molecule has 2 aromatic rings. The van der Waals surface area contributed by atoms with Crippen LogP contribution in [-0.2, 0) is 6.54 Å². The highest BCUT2D eigenvalue weighted by Crippen LogP contribution is 2.26. The number of rotatable bonds is 6. The summed E-state index contributed by atoms with van der Waals surface area (Å²) in [7, 11) is 0. The summed E-state index contributed by atoms with van der Waals surface area (Å²) in [6.07, 6.45) is 4.22. The van der Waals surface area contributed by atoms with Crippen molar-refractivity contribution in [3.8, 4) is 11.7 Å². The number of hydrogen-bond acceptors (Lipinski definition) is 6. The number of hydrogen-bond donors (Lipinski definition) is 1. The van der Waals surface area contributed by atoms with Crippen LogP contribution in [0.25, 0.3) is 11.7 Å². The van der Waals surface area contributed by atoms with Gasteiger partial charge in [-0.3, -0.25) is 4.90 Å². The molecule has 1 saturated heterocycles. The Balaban J connectivity index is 1.64. The first-order chi connectivity index (χ1) is 10.3. The first kappa shape index (κ1) is 14.7. The van der Waals surface area contributed by atoms with Gasteiger partial charge in [0.1, 0.15) is 0 Å². The molecule has 7 heteroatoms. The molecule has 1 fully saturated rings. The fraction of sp³-hybridized carbons (Fsp3) is 0.571. The van der Waals surface area contributed by atoms with E-state index in [4.69, 9.17) is 13.9 Å². The van der Waals surface area contributed by atoms with Gasteiger partial charge in [0.2, 0.25) is 5.89 Å². The fourth-order valence-corrected chi connectivity index (χ4v) is 3.08. The van der Waals surface area contributed by atoms with Crippen LogP contribution in [0, 0.1) is 0 Å². The second kappa shape index (κ2) is 6.72. The second-order valence-corrected chi connectivity index (χ2v) is 6.02. The molecule has 114 valence electrons. The summed E-state index contributed by atoms with van der Waals surface area (Å²) in [5.41, 5.74) is 0. The fourth-order valence-electron chi connectivity index (χ4n) is 2.78. The molecule has 6 nitrogen and oxygen atoms in total. The summed E-state index contributed by atoms with van der Waals surface area (Å²) in [5.74, 6) is 1.58. The van der Waals surface area contributed by atoms with Crippen molar-refractivity contribution >= 4 is 15.9 Å². The van der Waals surface area contributed by atoms with Crippen molar-refractivity contribution in [3.63, 3.8) is 0 Å². The standard InChI is InChI=1S/C14H18BrN3O3/c15-12-6-5-11(20-12)14-17-16-13(21-14)9-18-7-1-3-10(18)4-2-8-19/h5-6,10,19H,1-4,7-9H2. The van der Waals surface area contributed by atoms with E-state index in [1.165, 1.54) is 12.8 Å². The zero-order chi connectivity index (χ0) is 14.7. The highest BCUT2D eigenvalue weighted by atomic mass is 79.9. The van der Waals surface area contributed by atoms with Crippen molar-refractivity contribution in [1.29, 1.82) is 0 Å². The maximum absolute atomic E-state index is 8.96. The molecule has 0 amide bonds. The molecule has 3 rings (SSSR count). The van der Waals surface area contributed by atoms with E-state index in [2.05, 4.69) is 31.0 Å². The Bertz CT molecular complexity index is 584. The van der Waals surface area contributed by atoms with Crippen molar-refractivity contribution < 1.29 is 13.9 Å². The Morgan fingerprint density at radius 2 is 2.24 bits per heavy atom. The van der Waals surface area contributed by atoms with E-state index in [0.717, 1.165) is 19.4 Å². The third kappa shape index (κ3) is 3.53. The van der Waals surface area contributed by atoms with Crippen LogP contribution in [0.3, 0.4) is 0 Å². The van der Waals surface area contributed by atoms with Crippen molar-refractivity contribution in [2.75, 3.05) is 13.2 Å². The molecular formula is C14H18BrN3O3. The molecule has 1 unspecified atom stereocenters. The van der Waals surface area contributed by atoms with Gasteiger partial charge in [-0.15, -0.1) is 10.2 Å². The average molecular weight is 356 g/mol. The summed E-state index contributed by atoms with van der Waals surface area (Å²) >= 11 is 3.25. The quantitative estimate of drug-likeness (QED) is 0.858. The SMILES string of the molecule is OCCCC1CCCN1Cc1nnc(-c2ccc(Br)o2)o1. The van der Waals surface area contributed by atoms with E-state index in [-0.39, 0.29) is 6.61 Å². The van der Waals surface area contributed by atoms with Gasteiger partial charge in [0, 0.05) is 12.6 Å². The first-order valence-corrected chi connectivity index (χ1v) is 7.98. The zero-order valence-corrected chi connectivity index (χ0v) is 13.3. The van der Waals surface area contributed by atoms with Gasteiger partial charge in [0.15, 0.2) is 10.4 Å². The van der Waals surface area contributed by atoms with E-state index in [9.17, 15) is 0 Å². The highest BCUT2D eigenvalue weighted by Gasteiger charge is 2.25. The number of aliphatic hydroxyl groups excluding tert-OH is 1. The van der Waals surface area contributed by atoms with Gasteiger partial charge in [0.05, 0.1) is 6.54 Å². The molecule has 1 atom stereocenters. The number of nitrogens with zero attached hydrogens (tertiary/aromatic N) is 3. The average Bonchev–Trinajstić information content (AvgIpc) is 3.18. The van der Waals surface area contributed by atoms with Crippen molar-refractivity contribution in [2.24, 2.45) is 0 Å². The lowest BCUT2D eigenvalue weighted by Gasteiger charge is -2.22. The molecule has 2 aromatic heterocycles. The van der Waals surface area contributed by atoms with E-state index >= 15 is 0 Å². The van der Waals surface area contributed by atoms with Gasteiger partial charge in [-0.25, -0.2) is 0 Å². The molecule has 0 spiro atoms. The van der Waals surface area contributed by atoms with Gasteiger partial charge in [-0.2, -0.15) is 0 Å². The molecule has 0 aromatic carbocycles. The van der Waals surface area contributed by atoms with Gasteiger partial charge < -0.3 is 13.9 Å². The predicted octanol–water partition coefficient (Wildman–Crippen LogP) is 2.83. The van der Waals surface area contributed by atoms with E-state index in [0.29, 0.717) is 34.8 Å². The molecule has 0 aliphatic carbocycles. The molecule has 1 aliphatic heterocycles. The minimum atomic E-state index is 0.252. The topological polar surface area (TPSA) is 75.5 Å². The molecule has 3 heterocycles. The molecule has 1 N–H and O–H groups in total. The van der Waals surface area contributed by atoms with Gasteiger partial charge in [0.25, 0.3) is 5.89 Å². The monoisotopic (exact) mass is 355 g/mol. The summed E-state index contributed by atoms with van der Waals surface area (Å²) in [5, 5.41) is 17.1. The normalized spacial score (nSPS) is 19.4. The van der Waals surface area contributed by atoms with Gasteiger partial charge in [-0.1, -0.05) is 0 Å². The third-order valence-corrected chi connectivity index (χ3v) is 4.21. The Labute approximate surface area is 131 Å². The van der Waals surface area contributed by atoms with Gasteiger partial charge >= 0.3 is 0 Å². The maximum Gasteiger partial charge on any atom is 0.283 e. The Morgan fingerprint density at radius 1 is 1.33 bits per heavy atom. The van der Waals surface area contributed by atoms with Crippen molar-refractivity contribution in [3.05, 3.63) is 22.7 Å². The number of halogens is 1.